The second-order valence-corrected chi connectivity index (χ2v) is 6.07. The highest BCUT2D eigenvalue weighted by Crippen LogP contribution is 2.32. The second kappa shape index (κ2) is 5.58. The number of anilines is 1. The van der Waals surface area contributed by atoms with E-state index in [0.717, 1.165) is 21.3 Å². The first-order chi connectivity index (χ1) is 11.2. The molecule has 1 aliphatic heterocycles. The number of benzene rings is 2. The van der Waals surface area contributed by atoms with Crippen molar-refractivity contribution in [3.8, 4) is 0 Å². The zero-order valence-corrected chi connectivity index (χ0v) is 13.4. The fourth-order valence-electron chi connectivity index (χ4n) is 2.58. The third-order valence-electron chi connectivity index (χ3n) is 3.67. The van der Waals surface area contributed by atoms with Gasteiger partial charge in [-0.25, -0.2) is 4.39 Å². The number of allylic oxidation sites excluding steroid dienone is 1. The van der Waals surface area contributed by atoms with Crippen molar-refractivity contribution in [2.45, 2.75) is 6.04 Å². The number of rotatable bonds is 2. The summed E-state index contributed by atoms with van der Waals surface area (Å²) in [6.45, 7) is 0. The number of hydrogen-bond donors (Lipinski definition) is 1. The summed E-state index contributed by atoms with van der Waals surface area (Å²) in [7, 11) is 0. The lowest BCUT2D eigenvalue weighted by atomic mass is 10.0. The molecule has 0 saturated carbocycles. The molecule has 0 amide bonds. The highest BCUT2D eigenvalue weighted by molar-refractivity contribution is 9.10. The van der Waals surface area contributed by atoms with Gasteiger partial charge in [-0.05, 0) is 51.9 Å². The Hall–Kier alpha value is -2.54. The first kappa shape index (κ1) is 14.1. The van der Waals surface area contributed by atoms with Gasteiger partial charge in [0, 0.05) is 10.2 Å². The van der Waals surface area contributed by atoms with Crippen molar-refractivity contribution in [2.75, 3.05) is 5.32 Å². The van der Waals surface area contributed by atoms with Gasteiger partial charge in [0.2, 0.25) is 5.95 Å². The van der Waals surface area contributed by atoms with E-state index in [2.05, 4.69) is 36.8 Å². The predicted molar refractivity (Wildman–Crippen MR) is 88.1 cm³/mol. The third kappa shape index (κ3) is 2.63. The molecular weight excluding hydrogens is 361 g/mol. The van der Waals surface area contributed by atoms with Crippen LogP contribution in [0.3, 0.4) is 0 Å². The number of fused-ring (bicyclic) bond motifs is 1. The van der Waals surface area contributed by atoms with Crippen molar-refractivity contribution >= 4 is 27.6 Å². The fourth-order valence-corrected chi connectivity index (χ4v) is 2.97. The minimum atomic E-state index is -0.268. The van der Waals surface area contributed by atoms with E-state index in [1.165, 1.54) is 12.1 Å². The van der Waals surface area contributed by atoms with E-state index in [1.807, 2.05) is 30.3 Å². The summed E-state index contributed by atoms with van der Waals surface area (Å²) < 4.78 is 15.9. The molecule has 4 rings (SSSR count). The molecule has 5 nitrogen and oxygen atoms in total. The number of tetrazole rings is 1. The summed E-state index contributed by atoms with van der Waals surface area (Å²) >= 11 is 3.48. The van der Waals surface area contributed by atoms with Crippen molar-refractivity contribution in [1.82, 2.24) is 20.2 Å². The Kier molecular flexibility index (Phi) is 3.42. The van der Waals surface area contributed by atoms with Crippen molar-refractivity contribution < 1.29 is 4.39 Å². The van der Waals surface area contributed by atoms with Gasteiger partial charge in [-0.2, -0.15) is 4.68 Å². The molecule has 1 N–H and O–H groups in total. The maximum absolute atomic E-state index is 13.2. The van der Waals surface area contributed by atoms with Crippen LogP contribution in [0, 0.1) is 5.82 Å². The molecule has 7 heteroatoms. The molecule has 2 heterocycles. The maximum atomic E-state index is 13.2. The largest absolute Gasteiger partial charge is 0.323 e. The van der Waals surface area contributed by atoms with E-state index in [9.17, 15) is 4.39 Å². The zero-order valence-electron chi connectivity index (χ0n) is 11.8. The van der Waals surface area contributed by atoms with Crippen LogP contribution in [-0.4, -0.2) is 20.2 Å². The molecule has 0 spiro atoms. The van der Waals surface area contributed by atoms with Gasteiger partial charge in [0.25, 0.3) is 0 Å². The van der Waals surface area contributed by atoms with E-state index >= 15 is 0 Å². The fraction of sp³-hybridized carbons (Fsp3) is 0.0625. The molecule has 114 valence electrons. The normalized spacial score (nSPS) is 16.4. The van der Waals surface area contributed by atoms with Gasteiger partial charge in [0.1, 0.15) is 11.9 Å². The number of nitrogens with zero attached hydrogens (tertiary/aromatic N) is 4. The zero-order chi connectivity index (χ0) is 15.8. The van der Waals surface area contributed by atoms with Crippen molar-refractivity contribution in [2.24, 2.45) is 0 Å². The van der Waals surface area contributed by atoms with Gasteiger partial charge < -0.3 is 5.32 Å². The number of nitrogens with one attached hydrogen (secondary N) is 1. The lowest BCUT2D eigenvalue weighted by molar-refractivity contribution is 0.582. The first-order valence-electron chi connectivity index (χ1n) is 6.99. The molecule has 1 aliphatic rings. The first-order valence-corrected chi connectivity index (χ1v) is 7.78. The Morgan fingerprint density at radius 3 is 2.74 bits per heavy atom. The Morgan fingerprint density at radius 2 is 1.96 bits per heavy atom. The molecule has 0 unspecified atom stereocenters. The van der Waals surface area contributed by atoms with Crippen molar-refractivity contribution in [1.29, 1.82) is 0 Å². The van der Waals surface area contributed by atoms with Crippen LogP contribution in [0.4, 0.5) is 10.3 Å². The van der Waals surface area contributed by atoms with Gasteiger partial charge in [-0.1, -0.05) is 45.3 Å². The quantitative estimate of drug-likeness (QED) is 0.747. The summed E-state index contributed by atoms with van der Waals surface area (Å²) in [5.41, 5.74) is 2.83. The van der Waals surface area contributed by atoms with Crippen LogP contribution in [0.25, 0.3) is 5.70 Å². The van der Waals surface area contributed by atoms with Crippen LogP contribution in [0.15, 0.2) is 59.1 Å². The van der Waals surface area contributed by atoms with Gasteiger partial charge in [-0.15, -0.1) is 0 Å². The number of aromatic nitrogens is 4. The molecule has 1 atom stereocenters. The molecule has 0 aliphatic carbocycles. The summed E-state index contributed by atoms with van der Waals surface area (Å²) in [5, 5.41) is 15.0. The van der Waals surface area contributed by atoms with Crippen molar-refractivity contribution in [3.05, 3.63) is 76.0 Å². The lowest BCUT2D eigenvalue weighted by Gasteiger charge is -2.23. The Labute approximate surface area is 140 Å². The minimum Gasteiger partial charge on any atom is -0.323 e. The van der Waals surface area contributed by atoms with Crippen LogP contribution < -0.4 is 5.32 Å². The predicted octanol–water partition coefficient (Wildman–Crippen LogP) is 3.63. The molecule has 23 heavy (non-hydrogen) atoms. The summed E-state index contributed by atoms with van der Waals surface area (Å²) in [4.78, 5) is 0. The smallest absolute Gasteiger partial charge is 0.248 e. The van der Waals surface area contributed by atoms with Crippen molar-refractivity contribution in [3.63, 3.8) is 0 Å². The number of halogens is 2. The molecule has 0 saturated heterocycles. The van der Waals surface area contributed by atoms with Crippen LogP contribution in [0.1, 0.15) is 17.2 Å². The van der Waals surface area contributed by atoms with Crippen LogP contribution in [0.5, 0.6) is 0 Å². The molecule has 0 radical (unpaired) electrons. The summed E-state index contributed by atoms with van der Waals surface area (Å²) in [6, 6.07) is 14.1. The average molecular weight is 372 g/mol. The highest BCUT2D eigenvalue weighted by Gasteiger charge is 2.24. The maximum Gasteiger partial charge on any atom is 0.248 e. The number of hydrogen-bond acceptors (Lipinski definition) is 4. The van der Waals surface area contributed by atoms with Gasteiger partial charge in [0.05, 0.1) is 0 Å². The SMILES string of the molecule is Fc1ccc([C@H]2C=C(c3cccc(Br)c3)Nc3nnnn32)cc1. The highest BCUT2D eigenvalue weighted by atomic mass is 79.9. The van der Waals surface area contributed by atoms with E-state index in [1.54, 1.807) is 16.8 Å². The third-order valence-corrected chi connectivity index (χ3v) is 4.17. The van der Waals surface area contributed by atoms with Gasteiger partial charge >= 0.3 is 0 Å². The van der Waals surface area contributed by atoms with E-state index in [0.29, 0.717) is 5.95 Å². The topological polar surface area (TPSA) is 55.6 Å². The molecule has 0 bridgehead atoms. The van der Waals surface area contributed by atoms with Gasteiger partial charge in [-0.3, -0.25) is 0 Å². The van der Waals surface area contributed by atoms with Crippen LogP contribution >= 0.6 is 15.9 Å². The average Bonchev–Trinajstić information content (AvgIpc) is 3.03. The molecular formula is C16H11BrFN5. The molecule has 1 aromatic heterocycles. The standard InChI is InChI=1S/C16H11BrFN5/c17-12-3-1-2-11(8-12)14-9-15(10-4-6-13(18)7-5-10)23-16(19-14)20-21-22-23/h1-9,15H,(H,19,20,22)/t15-/m1/s1. The summed E-state index contributed by atoms with van der Waals surface area (Å²) in [6.07, 6.45) is 2.03. The lowest BCUT2D eigenvalue weighted by Crippen LogP contribution is -2.20. The monoisotopic (exact) mass is 371 g/mol. The summed E-state index contributed by atoms with van der Waals surface area (Å²) in [5.74, 6) is 0.285. The van der Waals surface area contributed by atoms with Gasteiger partial charge in [0.15, 0.2) is 0 Å². The molecule has 3 aromatic rings. The molecule has 2 aromatic carbocycles. The second-order valence-electron chi connectivity index (χ2n) is 5.16. The van der Waals surface area contributed by atoms with E-state index < -0.39 is 0 Å². The van der Waals surface area contributed by atoms with Crippen LogP contribution in [0.2, 0.25) is 0 Å². The Bertz CT molecular complexity index is 887. The Morgan fingerprint density at radius 1 is 1.13 bits per heavy atom. The van der Waals surface area contributed by atoms with E-state index in [-0.39, 0.29) is 11.9 Å². The Balaban J connectivity index is 1.81. The van der Waals surface area contributed by atoms with E-state index in [4.69, 9.17) is 0 Å². The molecule has 0 fully saturated rings. The minimum absolute atomic E-state index is 0.198. The van der Waals surface area contributed by atoms with Crippen LogP contribution in [-0.2, 0) is 0 Å².